The molecule has 0 spiro atoms. The minimum absolute atomic E-state index is 0.00259. The van der Waals surface area contributed by atoms with E-state index in [4.69, 9.17) is 0 Å². The first-order valence-corrected chi connectivity index (χ1v) is 8.11. The Morgan fingerprint density at radius 2 is 2.23 bits per heavy atom. The van der Waals surface area contributed by atoms with Crippen LogP contribution in [0.15, 0.2) is 0 Å². The van der Waals surface area contributed by atoms with E-state index in [9.17, 15) is 8.42 Å². The minimum Gasteiger partial charge on any atom is -0.213 e. The Morgan fingerprint density at radius 3 is 2.77 bits per heavy atom. The third-order valence-electron chi connectivity index (χ3n) is 1.95. The molecule has 3 nitrogen and oxygen atoms in total. The van der Waals surface area contributed by atoms with Crippen LogP contribution in [0, 0.1) is 0 Å². The molecule has 1 aliphatic heterocycles. The molecular formula is C7H14BrNO2S2. The lowest BCUT2D eigenvalue weighted by Gasteiger charge is -2.20. The fourth-order valence-electron chi connectivity index (χ4n) is 1.23. The molecule has 0 amide bonds. The van der Waals surface area contributed by atoms with E-state index in [1.165, 1.54) is 18.6 Å². The second-order valence-corrected chi connectivity index (χ2v) is 7.58. The number of alkyl halides is 1. The maximum Gasteiger partial charge on any atom is 0.221 e. The number of nitrogens with one attached hydrogen (secondary N) is 1. The maximum absolute atomic E-state index is 11.1. The lowest BCUT2D eigenvalue weighted by molar-refractivity contribution is 0.578. The van der Waals surface area contributed by atoms with Crippen molar-refractivity contribution in [2.24, 2.45) is 0 Å². The van der Waals surface area contributed by atoms with E-state index in [0.29, 0.717) is 11.8 Å². The predicted molar refractivity (Wildman–Crippen MR) is 60.8 cm³/mol. The summed E-state index contributed by atoms with van der Waals surface area (Å²) < 4.78 is 24.7. The lowest BCUT2D eigenvalue weighted by Crippen LogP contribution is -2.32. The standard InChI is InChI=1S/C7H14BrNO2S2/c8-6-13(10,11)9-5-7-3-1-2-4-12-7/h7,9H,1-6H2. The number of thioether (sulfide) groups is 1. The zero-order valence-electron chi connectivity index (χ0n) is 7.33. The van der Waals surface area contributed by atoms with E-state index in [1.807, 2.05) is 11.8 Å². The molecule has 0 bridgehead atoms. The topological polar surface area (TPSA) is 46.2 Å². The van der Waals surface area contributed by atoms with Gasteiger partial charge in [-0.3, -0.25) is 0 Å². The average molecular weight is 288 g/mol. The van der Waals surface area contributed by atoms with E-state index in [-0.39, 0.29) is 4.66 Å². The molecule has 0 radical (unpaired) electrons. The first kappa shape index (κ1) is 11.8. The largest absolute Gasteiger partial charge is 0.221 e. The fraction of sp³-hybridized carbons (Fsp3) is 1.00. The van der Waals surface area contributed by atoms with Crippen LogP contribution in [0.1, 0.15) is 19.3 Å². The highest BCUT2D eigenvalue weighted by molar-refractivity contribution is 9.10. The van der Waals surface area contributed by atoms with Gasteiger partial charge in [-0.25, -0.2) is 13.1 Å². The summed E-state index contributed by atoms with van der Waals surface area (Å²) >= 11 is 4.81. The van der Waals surface area contributed by atoms with E-state index in [2.05, 4.69) is 20.7 Å². The molecule has 13 heavy (non-hydrogen) atoms. The van der Waals surface area contributed by atoms with Crippen LogP contribution >= 0.6 is 27.7 Å². The van der Waals surface area contributed by atoms with Crippen LogP contribution in [-0.2, 0) is 10.0 Å². The first-order chi connectivity index (χ1) is 6.14. The summed E-state index contributed by atoms with van der Waals surface area (Å²) in [5, 5.41) is 0.475. The van der Waals surface area contributed by atoms with Gasteiger partial charge in [0.15, 0.2) is 0 Å². The van der Waals surface area contributed by atoms with E-state index in [1.54, 1.807) is 0 Å². The molecular weight excluding hydrogens is 274 g/mol. The lowest BCUT2D eigenvalue weighted by atomic mass is 10.2. The zero-order chi connectivity index (χ0) is 9.73. The summed E-state index contributed by atoms with van der Waals surface area (Å²) in [6.45, 7) is 0.582. The van der Waals surface area contributed by atoms with Crippen LogP contribution in [0.25, 0.3) is 0 Å². The third-order valence-corrected chi connectivity index (χ3v) is 6.05. The number of rotatable bonds is 4. The van der Waals surface area contributed by atoms with Gasteiger partial charge in [0, 0.05) is 11.8 Å². The van der Waals surface area contributed by atoms with Crippen molar-refractivity contribution in [3.63, 3.8) is 0 Å². The molecule has 1 N–H and O–H groups in total. The summed E-state index contributed by atoms with van der Waals surface area (Å²) in [7, 11) is -3.07. The molecule has 78 valence electrons. The summed E-state index contributed by atoms with van der Waals surface area (Å²) in [6.07, 6.45) is 3.63. The van der Waals surface area contributed by atoms with Gasteiger partial charge in [-0.1, -0.05) is 22.4 Å². The molecule has 1 saturated heterocycles. The number of halogens is 1. The molecule has 6 heteroatoms. The summed E-state index contributed by atoms with van der Waals surface area (Å²) in [6, 6.07) is 0. The molecule has 1 atom stereocenters. The molecule has 1 aliphatic rings. The number of hydrogen-bond acceptors (Lipinski definition) is 3. The van der Waals surface area contributed by atoms with Gasteiger partial charge >= 0.3 is 0 Å². The van der Waals surface area contributed by atoms with Crippen molar-refractivity contribution in [2.45, 2.75) is 24.5 Å². The SMILES string of the molecule is O=S(=O)(CBr)NCC1CCCCS1. The van der Waals surface area contributed by atoms with Crippen LogP contribution in [0.4, 0.5) is 0 Å². The molecule has 1 rings (SSSR count). The Bertz CT molecular complexity index is 237. The second kappa shape index (κ2) is 5.58. The molecule has 0 aromatic rings. The highest BCUT2D eigenvalue weighted by Gasteiger charge is 2.16. The highest BCUT2D eigenvalue weighted by atomic mass is 79.9. The molecule has 0 saturated carbocycles. The zero-order valence-corrected chi connectivity index (χ0v) is 10.5. The van der Waals surface area contributed by atoms with Crippen LogP contribution in [0.3, 0.4) is 0 Å². The van der Waals surface area contributed by atoms with E-state index in [0.717, 1.165) is 6.42 Å². The molecule has 0 aromatic heterocycles. The molecule has 1 fully saturated rings. The number of sulfonamides is 1. The van der Waals surface area contributed by atoms with Crippen LogP contribution < -0.4 is 4.72 Å². The average Bonchev–Trinajstić information content (AvgIpc) is 2.17. The Balaban J connectivity index is 2.25. The van der Waals surface area contributed by atoms with Crippen molar-refractivity contribution in [1.29, 1.82) is 0 Å². The molecule has 1 heterocycles. The maximum atomic E-state index is 11.1. The predicted octanol–water partition coefficient (Wildman–Crippen LogP) is 1.54. The van der Waals surface area contributed by atoms with Gasteiger partial charge in [-0.2, -0.15) is 11.8 Å². The molecule has 1 unspecified atom stereocenters. The van der Waals surface area contributed by atoms with Crippen molar-refractivity contribution in [1.82, 2.24) is 4.72 Å². The Hall–Kier alpha value is 0.740. The van der Waals surface area contributed by atoms with Gasteiger partial charge < -0.3 is 0 Å². The summed E-state index contributed by atoms with van der Waals surface area (Å²) in [5.74, 6) is 1.17. The Morgan fingerprint density at radius 1 is 1.46 bits per heavy atom. The quantitative estimate of drug-likeness (QED) is 0.798. The van der Waals surface area contributed by atoms with Gasteiger partial charge in [0.25, 0.3) is 0 Å². The van der Waals surface area contributed by atoms with Crippen LogP contribution in [-0.4, -0.2) is 30.6 Å². The number of hydrogen-bond donors (Lipinski definition) is 1. The monoisotopic (exact) mass is 287 g/mol. The van der Waals surface area contributed by atoms with Gasteiger partial charge in [-0.05, 0) is 18.6 Å². The second-order valence-electron chi connectivity index (χ2n) is 3.06. The van der Waals surface area contributed by atoms with Crippen molar-refractivity contribution in [3.8, 4) is 0 Å². The van der Waals surface area contributed by atoms with Gasteiger partial charge in [0.2, 0.25) is 10.0 Å². The van der Waals surface area contributed by atoms with Crippen LogP contribution in [0.2, 0.25) is 0 Å². The van der Waals surface area contributed by atoms with Crippen LogP contribution in [0.5, 0.6) is 0 Å². The smallest absolute Gasteiger partial charge is 0.213 e. The first-order valence-electron chi connectivity index (χ1n) is 4.29. The highest BCUT2D eigenvalue weighted by Crippen LogP contribution is 2.24. The Kier molecular flexibility index (Phi) is 5.07. The minimum atomic E-state index is -3.07. The van der Waals surface area contributed by atoms with Crippen molar-refractivity contribution in [2.75, 3.05) is 17.0 Å². The fourth-order valence-corrected chi connectivity index (χ4v) is 3.59. The molecule has 0 aliphatic carbocycles. The van der Waals surface area contributed by atoms with Gasteiger partial charge in [0.1, 0.15) is 4.66 Å². The van der Waals surface area contributed by atoms with E-state index >= 15 is 0 Å². The normalized spacial score (nSPS) is 24.5. The third kappa shape index (κ3) is 4.67. The van der Waals surface area contributed by atoms with E-state index < -0.39 is 10.0 Å². The van der Waals surface area contributed by atoms with Gasteiger partial charge in [0.05, 0.1) is 0 Å². The molecule has 0 aromatic carbocycles. The van der Waals surface area contributed by atoms with Crippen molar-refractivity contribution < 1.29 is 8.42 Å². The Labute approximate surface area is 92.2 Å². The summed E-state index contributed by atoms with van der Waals surface area (Å²) in [4.78, 5) is 0. The summed E-state index contributed by atoms with van der Waals surface area (Å²) in [5.41, 5.74) is 0. The van der Waals surface area contributed by atoms with Crippen molar-refractivity contribution in [3.05, 3.63) is 0 Å². The van der Waals surface area contributed by atoms with Gasteiger partial charge in [-0.15, -0.1) is 0 Å². The van der Waals surface area contributed by atoms with Crippen molar-refractivity contribution >= 4 is 37.7 Å².